The first-order chi connectivity index (χ1) is 13.8. The number of sulfonamides is 1. The lowest BCUT2D eigenvalue weighted by Gasteiger charge is -2.35. The van der Waals surface area contributed by atoms with Gasteiger partial charge < -0.3 is 19.3 Å². The van der Waals surface area contributed by atoms with E-state index in [1.165, 1.54) is 9.80 Å². The second kappa shape index (κ2) is 8.83. The molecule has 0 radical (unpaired) electrons. The van der Waals surface area contributed by atoms with Crippen LogP contribution in [0.4, 0.5) is 10.5 Å². The fourth-order valence-electron chi connectivity index (χ4n) is 2.63. The summed E-state index contributed by atoms with van der Waals surface area (Å²) in [4.78, 5) is 37.3. The smallest absolute Gasteiger partial charge is 0.410 e. The number of hydrogen-bond acceptors (Lipinski definition) is 8. The first-order valence-electron chi connectivity index (χ1n) is 8.97. The molecule has 0 unspecified atom stereocenters. The van der Waals surface area contributed by atoms with E-state index in [4.69, 9.17) is 14.6 Å². The van der Waals surface area contributed by atoms with E-state index >= 15 is 0 Å². The number of ether oxygens (including phenoxy) is 2. The van der Waals surface area contributed by atoms with Crippen LogP contribution in [0.3, 0.4) is 0 Å². The normalized spacial score (nSPS) is 14.9. The molecule has 1 fully saturated rings. The molecule has 12 nitrogen and oxygen atoms in total. The van der Waals surface area contributed by atoms with Crippen LogP contribution in [0.15, 0.2) is 23.1 Å². The van der Waals surface area contributed by atoms with E-state index < -0.39 is 49.7 Å². The van der Waals surface area contributed by atoms with Crippen molar-refractivity contribution in [3.63, 3.8) is 0 Å². The van der Waals surface area contributed by atoms with Crippen LogP contribution in [-0.4, -0.2) is 73.5 Å². The van der Waals surface area contributed by atoms with Crippen LogP contribution in [0.2, 0.25) is 0 Å². The number of piperazine rings is 1. The van der Waals surface area contributed by atoms with E-state index in [1.807, 2.05) is 0 Å². The average Bonchev–Trinajstić information content (AvgIpc) is 2.63. The number of nitrogens with two attached hydrogens (primary N) is 1. The van der Waals surface area contributed by atoms with Gasteiger partial charge >= 0.3 is 11.8 Å². The Morgan fingerprint density at radius 2 is 1.73 bits per heavy atom. The van der Waals surface area contributed by atoms with Crippen LogP contribution in [0.25, 0.3) is 0 Å². The van der Waals surface area contributed by atoms with Crippen molar-refractivity contribution in [3.8, 4) is 5.75 Å². The second-order valence-corrected chi connectivity index (χ2v) is 9.13. The number of nitro benzene ring substituents is 1. The maximum absolute atomic E-state index is 12.4. The standard InChI is InChI=1S/C17H24N4O8S/c1-17(2,3)29-16(23)20-8-6-19(7-9-20)15(22)11-28-14-5-4-12(30(18,26)27)10-13(14)21(24)25/h4-5,10H,6-9,11H2,1-3H3,(H2,18,26,27). The summed E-state index contributed by atoms with van der Waals surface area (Å²) in [6, 6.07) is 2.90. The molecule has 0 spiro atoms. The maximum atomic E-state index is 12.4. The Hall–Kier alpha value is -2.93. The van der Waals surface area contributed by atoms with Gasteiger partial charge in [-0.15, -0.1) is 0 Å². The van der Waals surface area contributed by atoms with E-state index in [0.717, 1.165) is 18.2 Å². The number of nitro groups is 1. The van der Waals surface area contributed by atoms with E-state index in [0.29, 0.717) is 0 Å². The molecule has 1 aliphatic rings. The number of amides is 2. The van der Waals surface area contributed by atoms with Gasteiger partial charge in [0.25, 0.3) is 5.91 Å². The lowest BCUT2D eigenvalue weighted by Crippen LogP contribution is -2.52. The van der Waals surface area contributed by atoms with Gasteiger partial charge in [-0.2, -0.15) is 0 Å². The minimum Gasteiger partial charge on any atom is -0.477 e. The summed E-state index contributed by atoms with van der Waals surface area (Å²) in [7, 11) is -4.13. The molecule has 0 saturated carbocycles. The summed E-state index contributed by atoms with van der Waals surface area (Å²) in [5, 5.41) is 16.2. The number of primary sulfonamides is 1. The first kappa shape index (κ1) is 23.3. The molecule has 2 amide bonds. The quantitative estimate of drug-likeness (QED) is 0.512. The van der Waals surface area contributed by atoms with Crippen LogP contribution in [-0.2, 0) is 19.6 Å². The minimum absolute atomic E-state index is 0.256. The van der Waals surface area contributed by atoms with E-state index in [2.05, 4.69) is 0 Å². The van der Waals surface area contributed by atoms with Crippen LogP contribution in [0.1, 0.15) is 20.8 Å². The van der Waals surface area contributed by atoms with Crippen LogP contribution >= 0.6 is 0 Å². The monoisotopic (exact) mass is 444 g/mol. The summed E-state index contributed by atoms with van der Waals surface area (Å²) in [5.41, 5.74) is -1.24. The van der Waals surface area contributed by atoms with Crippen molar-refractivity contribution in [2.75, 3.05) is 32.8 Å². The van der Waals surface area contributed by atoms with Gasteiger partial charge in [-0.3, -0.25) is 14.9 Å². The Bertz CT molecular complexity index is 934. The number of hydrogen-bond donors (Lipinski definition) is 1. The average molecular weight is 444 g/mol. The van der Waals surface area contributed by atoms with Crippen molar-refractivity contribution in [1.29, 1.82) is 0 Å². The van der Waals surface area contributed by atoms with Gasteiger partial charge in [-0.25, -0.2) is 18.4 Å². The fraction of sp³-hybridized carbons (Fsp3) is 0.529. The molecule has 1 heterocycles. The van der Waals surface area contributed by atoms with E-state index in [1.54, 1.807) is 20.8 Å². The molecule has 0 aliphatic carbocycles. The van der Waals surface area contributed by atoms with E-state index in [9.17, 15) is 28.1 Å². The van der Waals surface area contributed by atoms with Gasteiger partial charge in [0.05, 0.1) is 9.82 Å². The highest BCUT2D eigenvalue weighted by Gasteiger charge is 2.28. The molecule has 1 aromatic carbocycles. The van der Waals surface area contributed by atoms with Crippen molar-refractivity contribution >= 4 is 27.7 Å². The largest absolute Gasteiger partial charge is 0.477 e. The van der Waals surface area contributed by atoms with Crippen LogP contribution in [0, 0.1) is 10.1 Å². The number of carbonyl (C=O) groups excluding carboxylic acids is 2. The molecule has 0 atom stereocenters. The van der Waals surface area contributed by atoms with E-state index in [-0.39, 0.29) is 31.9 Å². The Morgan fingerprint density at radius 3 is 2.23 bits per heavy atom. The predicted molar refractivity (Wildman–Crippen MR) is 104 cm³/mol. The zero-order valence-corrected chi connectivity index (χ0v) is 17.7. The molecule has 0 aromatic heterocycles. The molecule has 0 bridgehead atoms. The molecule has 1 saturated heterocycles. The van der Waals surface area contributed by atoms with Gasteiger partial charge in [-0.1, -0.05) is 0 Å². The van der Waals surface area contributed by atoms with Gasteiger partial charge in [0.2, 0.25) is 10.0 Å². The highest BCUT2D eigenvalue weighted by Crippen LogP contribution is 2.29. The third kappa shape index (κ3) is 6.29. The topological polar surface area (TPSA) is 162 Å². The third-order valence-electron chi connectivity index (χ3n) is 4.09. The molecular formula is C17H24N4O8S. The minimum atomic E-state index is -4.13. The Morgan fingerprint density at radius 1 is 1.17 bits per heavy atom. The molecule has 30 heavy (non-hydrogen) atoms. The summed E-state index contributed by atoms with van der Waals surface area (Å²) < 4.78 is 33.3. The third-order valence-corrected chi connectivity index (χ3v) is 5.00. The lowest BCUT2D eigenvalue weighted by molar-refractivity contribution is -0.386. The SMILES string of the molecule is CC(C)(C)OC(=O)N1CCN(C(=O)COc2ccc(S(N)(=O)=O)cc2[N+](=O)[O-])CC1. The molecule has 1 aliphatic heterocycles. The van der Waals surface area contributed by atoms with Crippen LogP contribution in [0.5, 0.6) is 5.75 Å². The number of carbonyl (C=O) groups is 2. The number of rotatable bonds is 5. The van der Waals surface area contributed by atoms with Crippen LogP contribution < -0.4 is 9.88 Å². The van der Waals surface area contributed by atoms with Gasteiger partial charge in [0.15, 0.2) is 12.4 Å². The molecule has 1 aromatic rings. The predicted octanol–water partition coefficient (Wildman–Crippen LogP) is 0.700. The zero-order chi connectivity index (χ0) is 22.7. The number of benzene rings is 1. The molecule has 13 heteroatoms. The second-order valence-electron chi connectivity index (χ2n) is 7.57. The van der Waals surface area contributed by atoms with Gasteiger partial charge in [0, 0.05) is 32.2 Å². The first-order valence-corrected chi connectivity index (χ1v) is 10.5. The highest BCUT2D eigenvalue weighted by molar-refractivity contribution is 7.89. The number of nitrogens with zero attached hydrogens (tertiary/aromatic N) is 3. The Labute approximate surface area is 173 Å². The van der Waals surface area contributed by atoms with Gasteiger partial charge in [-0.05, 0) is 32.9 Å². The van der Waals surface area contributed by atoms with Crippen molar-refractivity contribution < 1.29 is 32.4 Å². The summed E-state index contributed by atoms with van der Waals surface area (Å²) >= 11 is 0. The van der Waals surface area contributed by atoms with Crippen molar-refractivity contribution in [2.45, 2.75) is 31.3 Å². The Kier molecular flexibility index (Phi) is 6.87. The summed E-state index contributed by atoms with van der Waals surface area (Å²) in [6.45, 7) is 5.88. The molecule has 2 N–H and O–H groups in total. The van der Waals surface area contributed by atoms with Crippen molar-refractivity contribution in [2.24, 2.45) is 5.14 Å². The highest BCUT2D eigenvalue weighted by atomic mass is 32.2. The molecular weight excluding hydrogens is 420 g/mol. The molecule has 2 rings (SSSR count). The fourth-order valence-corrected chi connectivity index (χ4v) is 3.17. The van der Waals surface area contributed by atoms with Crippen molar-refractivity contribution in [3.05, 3.63) is 28.3 Å². The molecule has 166 valence electrons. The summed E-state index contributed by atoms with van der Waals surface area (Å²) in [6.07, 6.45) is -0.462. The zero-order valence-electron chi connectivity index (χ0n) is 16.9. The lowest BCUT2D eigenvalue weighted by atomic mass is 10.2. The van der Waals surface area contributed by atoms with Gasteiger partial charge in [0.1, 0.15) is 5.60 Å². The summed E-state index contributed by atoms with van der Waals surface area (Å²) in [5.74, 6) is -0.684. The maximum Gasteiger partial charge on any atom is 0.410 e. The Balaban J connectivity index is 1.96. The van der Waals surface area contributed by atoms with Crippen molar-refractivity contribution in [1.82, 2.24) is 9.80 Å².